The van der Waals surface area contributed by atoms with E-state index in [0.29, 0.717) is 42.2 Å². The van der Waals surface area contributed by atoms with E-state index in [2.05, 4.69) is 20.5 Å². The van der Waals surface area contributed by atoms with E-state index >= 15 is 4.39 Å². The second-order valence-corrected chi connectivity index (χ2v) is 15.1. The number of benzene rings is 3. The van der Waals surface area contributed by atoms with Crippen molar-refractivity contribution in [3.63, 3.8) is 0 Å². The van der Waals surface area contributed by atoms with Crippen LogP contribution in [0.25, 0.3) is 0 Å². The minimum Gasteiger partial charge on any atom is -0.508 e. The molecule has 3 aromatic carbocycles. The Kier molecular flexibility index (Phi) is 9.58. The molecule has 6 amide bonds. The largest absolute Gasteiger partial charge is 0.508 e. The van der Waals surface area contributed by atoms with Crippen molar-refractivity contribution in [1.82, 2.24) is 25.0 Å². The third-order valence-electron chi connectivity index (χ3n) is 10.9. The van der Waals surface area contributed by atoms with Gasteiger partial charge < -0.3 is 14.9 Å². The molecule has 1 aromatic heterocycles. The van der Waals surface area contributed by atoms with Crippen LogP contribution in [0.4, 0.5) is 19.6 Å². The van der Waals surface area contributed by atoms with Crippen molar-refractivity contribution in [3.05, 3.63) is 105 Å². The summed E-state index contributed by atoms with van der Waals surface area (Å²) in [7, 11) is 1.86. The molecule has 0 saturated carbocycles. The molecule has 4 aliphatic heterocycles. The van der Waals surface area contributed by atoms with Crippen LogP contribution in [0.15, 0.2) is 60.1 Å². The van der Waals surface area contributed by atoms with Gasteiger partial charge in [0.05, 0.1) is 11.1 Å². The summed E-state index contributed by atoms with van der Waals surface area (Å²) in [4.78, 5) is 88.2. The summed E-state index contributed by atoms with van der Waals surface area (Å²) in [6, 6.07) is 9.15. The number of thiazole rings is 1. The zero-order valence-electron chi connectivity index (χ0n) is 30.0. The highest BCUT2D eigenvalue weighted by Gasteiger charge is 2.46. The number of hydrogen-bond acceptors (Lipinski definition) is 11. The Hall–Kier alpha value is -6.07. The van der Waals surface area contributed by atoms with Gasteiger partial charge in [0.25, 0.3) is 23.6 Å². The van der Waals surface area contributed by atoms with E-state index in [4.69, 9.17) is 0 Å². The van der Waals surface area contributed by atoms with E-state index in [-0.39, 0.29) is 60.0 Å². The lowest BCUT2D eigenvalue weighted by Gasteiger charge is -2.38. The summed E-state index contributed by atoms with van der Waals surface area (Å²) >= 11 is 1.18. The molecule has 4 aromatic rings. The van der Waals surface area contributed by atoms with Crippen LogP contribution in [0.1, 0.15) is 79.5 Å². The lowest BCUT2D eigenvalue weighted by atomic mass is 10.00. The number of carbonyl (C=O) groups excluding carboxylic acids is 6. The van der Waals surface area contributed by atoms with Crippen LogP contribution >= 0.6 is 11.3 Å². The lowest BCUT2D eigenvalue weighted by molar-refractivity contribution is -0.136. The monoisotopic (exact) mass is 783 g/mol. The zero-order valence-corrected chi connectivity index (χ0v) is 30.8. The highest BCUT2D eigenvalue weighted by molar-refractivity contribution is 7.13. The van der Waals surface area contributed by atoms with Crippen LogP contribution in [-0.4, -0.2) is 92.5 Å². The number of nitrogens with zero attached hydrogens (tertiary/aromatic N) is 5. The predicted octanol–water partition coefficient (Wildman–Crippen LogP) is 3.96. The van der Waals surface area contributed by atoms with Gasteiger partial charge in [-0.1, -0.05) is 12.1 Å². The van der Waals surface area contributed by atoms with Gasteiger partial charge in [0.2, 0.25) is 11.8 Å². The second kappa shape index (κ2) is 14.5. The van der Waals surface area contributed by atoms with Crippen molar-refractivity contribution in [2.24, 2.45) is 0 Å². The SMILES string of the molecule is CN(Cc1ccc2c(c1F)C(=O)N(C1CCC(=O)NC1=O)C2=O)C1CCN(c2ccc3c(c2)C(=O)N(C(C(=O)Nc2nccs2)c2cc(F)ccc2O)C3)CC1. The number of piperidine rings is 2. The first kappa shape index (κ1) is 36.9. The molecule has 2 unspecified atom stereocenters. The third-order valence-corrected chi connectivity index (χ3v) is 11.6. The van der Waals surface area contributed by atoms with Gasteiger partial charge in [-0.15, -0.1) is 11.3 Å². The molecule has 8 rings (SSSR count). The average molecular weight is 784 g/mol. The fourth-order valence-electron chi connectivity index (χ4n) is 8.02. The molecule has 288 valence electrons. The van der Waals surface area contributed by atoms with Crippen LogP contribution in [0, 0.1) is 11.6 Å². The Bertz CT molecular complexity index is 2310. The molecule has 14 nitrogen and oxygen atoms in total. The van der Waals surface area contributed by atoms with Gasteiger partial charge in [0.1, 0.15) is 29.5 Å². The molecule has 4 aliphatic rings. The first-order valence-electron chi connectivity index (χ1n) is 18.0. The number of carbonyl (C=O) groups is 6. The van der Waals surface area contributed by atoms with Gasteiger partial charge in [0, 0.05) is 72.6 Å². The molecule has 5 heterocycles. The van der Waals surface area contributed by atoms with Crippen molar-refractivity contribution >= 4 is 57.6 Å². The number of phenols is 1. The van der Waals surface area contributed by atoms with E-state index in [0.717, 1.165) is 28.8 Å². The van der Waals surface area contributed by atoms with Gasteiger partial charge >= 0.3 is 0 Å². The second-order valence-electron chi connectivity index (χ2n) is 14.2. The van der Waals surface area contributed by atoms with Crippen LogP contribution in [0.3, 0.4) is 0 Å². The quantitative estimate of drug-likeness (QED) is 0.211. The van der Waals surface area contributed by atoms with E-state index in [1.54, 1.807) is 11.4 Å². The Morgan fingerprint density at radius 1 is 1.00 bits per heavy atom. The minimum atomic E-state index is -1.34. The predicted molar refractivity (Wildman–Crippen MR) is 198 cm³/mol. The van der Waals surface area contributed by atoms with Gasteiger partial charge in [-0.25, -0.2) is 13.8 Å². The van der Waals surface area contributed by atoms with Crippen molar-refractivity contribution in [1.29, 1.82) is 0 Å². The number of halogens is 2. The molecule has 56 heavy (non-hydrogen) atoms. The average Bonchev–Trinajstić information content (AvgIpc) is 3.87. The number of aromatic hydroxyl groups is 1. The smallest absolute Gasteiger partial charge is 0.265 e. The molecule has 3 N–H and O–H groups in total. The number of hydrogen-bond donors (Lipinski definition) is 3. The molecule has 2 atom stereocenters. The number of fused-ring (bicyclic) bond motifs is 2. The molecular weight excluding hydrogens is 749 g/mol. The Labute approximate surface area is 322 Å². The van der Waals surface area contributed by atoms with E-state index in [1.165, 1.54) is 34.6 Å². The fraction of sp³-hybridized carbons (Fsp3) is 0.308. The van der Waals surface area contributed by atoms with Crippen LogP contribution in [0.2, 0.25) is 0 Å². The number of nitrogens with one attached hydrogen (secondary N) is 2. The maximum absolute atomic E-state index is 15.9. The van der Waals surface area contributed by atoms with E-state index < -0.39 is 59.2 Å². The number of imide groups is 2. The standard InChI is InChI=1S/C39H35F2N7O7S/c1-45(18-21-3-6-25-31(32(21)41)38(55)48(37(25)54)28-7-9-30(50)43-34(28)51)23-10-13-46(14-11-23)24-5-2-20-19-47(36(53)26(20)17-24)33(27-16-22(40)4-8-29(27)49)35(52)44-39-42-12-15-56-39/h2-6,8,12,15-17,23,28,33,49H,7,9-11,13-14,18-19H2,1H3,(H,42,44,52)(H,43,50,51). The summed E-state index contributed by atoms with van der Waals surface area (Å²) in [5.74, 6) is -5.84. The maximum atomic E-state index is 15.9. The number of amides is 6. The molecular formula is C39H35F2N7O7S. The molecule has 2 fully saturated rings. The lowest BCUT2D eigenvalue weighted by Crippen LogP contribution is -2.54. The highest BCUT2D eigenvalue weighted by atomic mass is 32.1. The number of rotatable bonds is 9. The van der Waals surface area contributed by atoms with E-state index in [9.17, 15) is 38.3 Å². The van der Waals surface area contributed by atoms with Crippen molar-refractivity contribution < 1.29 is 42.7 Å². The highest BCUT2D eigenvalue weighted by Crippen LogP contribution is 2.38. The third kappa shape index (κ3) is 6.55. The molecule has 0 spiro atoms. The summed E-state index contributed by atoms with van der Waals surface area (Å²) in [5, 5.41) is 17.4. The van der Waals surface area contributed by atoms with Crippen LogP contribution in [0.5, 0.6) is 5.75 Å². The molecule has 0 radical (unpaired) electrons. The van der Waals surface area contributed by atoms with Gasteiger partial charge in [0.15, 0.2) is 5.13 Å². The number of phenolic OH excluding ortho intramolecular Hbond substituents is 1. The summed E-state index contributed by atoms with van der Waals surface area (Å²) in [6.45, 7) is 1.44. The van der Waals surface area contributed by atoms with Crippen molar-refractivity contribution in [3.8, 4) is 5.75 Å². The zero-order chi connectivity index (χ0) is 39.4. The first-order valence-corrected chi connectivity index (χ1v) is 18.9. The number of anilines is 2. The Balaban J connectivity index is 0.932. The van der Waals surface area contributed by atoms with Gasteiger partial charge in [-0.3, -0.25) is 49.2 Å². The molecule has 0 bridgehead atoms. The fourth-order valence-corrected chi connectivity index (χ4v) is 8.55. The number of aromatic nitrogens is 1. The van der Waals surface area contributed by atoms with Crippen molar-refractivity contribution in [2.45, 2.75) is 56.9 Å². The van der Waals surface area contributed by atoms with E-state index in [1.807, 2.05) is 24.1 Å². The Morgan fingerprint density at radius 3 is 2.52 bits per heavy atom. The molecule has 17 heteroatoms. The van der Waals surface area contributed by atoms with Crippen LogP contribution in [-0.2, 0) is 27.5 Å². The summed E-state index contributed by atoms with van der Waals surface area (Å²) < 4.78 is 30.3. The normalized spacial score (nSPS) is 19.1. The van der Waals surface area contributed by atoms with Gasteiger partial charge in [-0.2, -0.15) is 0 Å². The summed E-state index contributed by atoms with van der Waals surface area (Å²) in [6.07, 6.45) is 2.83. The summed E-state index contributed by atoms with van der Waals surface area (Å²) in [5.41, 5.74) is 1.55. The maximum Gasteiger partial charge on any atom is 0.265 e. The van der Waals surface area contributed by atoms with Crippen molar-refractivity contribution in [2.75, 3.05) is 30.4 Å². The molecule has 2 saturated heterocycles. The molecule has 0 aliphatic carbocycles. The first-order chi connectivity index (χ1) is 26.9. The van der Waals surface area contributed by atoms with Crippen LogP contribution < -0.4 is 15.5 Å². The van der Waals surface area contributed by atoms with Gasteiger partial charge in [-0.05, 0) is 68.3 Å². The topological polar surface area (TPSA) is 173 Å². The minimum absolute atomic E-state index is 0.0260. The Morgan fingerprint density at radius 2 is 1.79 bits per heavy atom.